The second-order valence-electron chi connectivity index (χ2n) is 6.68. The first-order valence-electron chi connectivity index (χ1n) is 8.56. The van der Waals surface area contributed by atoms with Gasteiger partial charge < -0.3 is 5.32 Å². The minimum Gasteiger partial charge on any atom is -0.308 e. The lowest BCUT2D eigenvalue weighted by atomic mass is 9.97. The second-order valence-corrected chi connectivity index (χ2v) is 10.4. The Balaban J connectivity index is 1.63. The number of nitrogens with one attached hydrogen (secondary N) is 1. The summed E-state index contributed by atoms with van der Waals surface area (Å²) in [5.41, 5.74) is 0.854. The maximum atomic E-state index is 12.6. The molecule has 1 aromatic carbocycles. The Morgan fingerprint density at radius 3 is 2.61 bits per heavy atom. The fourth-order valence-electron chi connectivity index (χ4n) is 3.06. The van der Waals surface area contributed by atoms with Gasteiger partial charge in [0.05, 0.1) is 17.3 Å². The van der Waals surface area contributed by atoms with Crippen molar-refractivity contribution in [3.63, 3.8) is 0 Å². The molecule has 7 nitrogen and oxygen atoms in total. The predicted octanol–water partition coefficient (Wildman–Crippen LogP) is 3.61. The maximum absolute atomic E-state index is 12.6. The second kappa shape index (κ2) is 8.71. The van der Waals surface area contributed by atoms with Gasteiger partial charge in [-0.2, -0.15) is 5.10 Å². The van der Waals surface area contributed by atoms with Crippen molar-refractivity contribution in [2.75, 3.05) is 24.7 Å². The van der Waals surface area contributed by atoms with Gasteiger partial charge in [0.1, 0.15) is 0 Å². The van der Waals surface area contributed by atoms with Crippen LogP contribution in [-0.4, -0.2) is 47.8 Å². The number of carbonyl (C=O) groups excluding carboxylic acids is 1. The van der Waals surface area contributed by atoms with Gasteiger partial charge in [-0.15, -0.1) is 0 Å². The molecule has 152 valence electrons. The minimum absolute atomic E-state index is 0.163. The lowest BCUT2D eigenvalue weighted by molar-refractivity contribution is -0.120. The largest absolute Gasteiger partial charge is 0.308 e. The zero-order valence-corrected chi connectivity index (χ0v) is 18.9. The highest BCUT2D eigenvalue weighted by atomic mass is 79.9. The monoisotopic (exact) mass is 508 g/mol. The van der Waals surface area contributed by atoms with Crippen LogP contribution in [-0.2, 0) is 21.4 Å². The van der Waals surface area contributed by atoms with Crippen molar-refractivity contribution in [1.82, 2.24) is 14.1 Å². The summed E-state index contributed by atoms with van der Waals surface area (Å²) >= 11 is 15.5. The van der Waals surface area contributed by atoms with E-state index in [-0.39, 0.29) is 11.8 Å². The molecule has 1 aliphatic heterocycles. The Morgan fingerprint density at radius 1 is 1.32 bits per heavy atom. The normalized spacial score (nSPS) is 16.3. The van der Waals surface area contributed by atoms with Crippen LogP contribution in [0.3, 0.4) is 0 Å². The van der Waals surface area contributed by atoms with E-state index in [0.717, 1.165) is 5.56 Å². The molecule has 0 radical (unpaired) electrons. The molecular weight excluding hydrogens is 491 g/mol. The van der Waals surface area contributed by atoms with E-state index in [4.69, 9.17) is 23.2 Å². The molecule has 0 saturated carbocycles. The number of anilines is 1. The van der Waals surface area contributed by atoms with E-state index in [1.807, 2.05) is 6.07 Å². The van der Waals surface area contributed by atoms with E-state index in [1.54, 1.807) is 23.0 Å². The molecule has 28 heavy (non-hydrogen) atoms. The topological polar surface area (TPSA) is 84.3 Å². The molecule has 3 rings (SSSR count). The molecule has 0 bridgehead atoms. The van der Waals surface area contributed by atoms with Gasteiger partial charge in [0, 0.05) is 35.2 Å². The van der Waals surface area contributed by atoms with Gasteiger partial charge in [-0.25, -0.2) is 12.7 Å². The highest BCUT2D eigenvalue weighted by molar-refractivity contribution is 9.10. The van der Waals surface area contributed by atoms with Gasteiger partial charge >= 0.3 is 0 Å². The Hall–Kier alpha value is -1.13. The lowest BCUT2D eigenvalue weighted by Crippen LogP contribution is -2.40. The average Bonchev–Trinajstić information content (AvgIpc) is 2.96. The summed E-state index contributed by atoms with van der Waals surface area (Å²) in [5, 5.41) is 8.33. The summed E-state index contributed by atoms with van der Waals surface area (Å²) in [6.45, 7) is 1.13. The van der Waals surface area contributed by atoms with Gasteiger partial charge in [0.2, 0.25) is 15.9 Å². The fraction of sp³-hybridized carbons (Fsp3) is 0.412. The summed E-state index contributed by atoms with van der Waals surface area (Å²) in [7, 11) is -3.21. The Bertz CT molecular complexity index is 988. The molecule has 1 amide bonds. The molecule has 0 spiro atoms. The van der Waals surface area contributed by atoms with Gasteiger partial charge in [-0.3, -0.25) is 9.48 Å². The Labute approximate surface area is 182 Å². The first-order chi connectivity index (χ1) is 13.1. The number of benzene rings is 1. The van der Waals surface area contributed by atoms with Gasteiger partial charge in [-0.05, 0) is 46.5 Å². The number of hydrogen-bond acceptors (Lipinski definition) is 4. The molecule has 11 heteroatoms. The highest BCUT2D eigenvalue weighted by Crippen LogP contribution is 2.26. The number of amides is 1. The van der Waals surface area contributed by atoms with Crippen LogP contribution in [0.25, 0.3) is 0 Å². The number of piperidine rings is 1. The third-order valence-electron chi connectivity index (χ3n) is 4.60. The zero-order valence-electron chi connectivity index (χ0n) is 15.0. The van der Waals surface area contributed by atoms with Crippen molar-refractivity contribution < 1.29 is 13.2 Å². The molecule has 0 atom stereocenters. The number of halogens is 3. The summed E-state index contributed by atoms with van der Waals surface area (Å²) in [5.74, 6) is 0.00464. The summed E-state index contributed by atoms with van der Waals surface area (Å²) in [6.07, 6.45) is 3.91. The van der Waals surface area contributed by atoms with Gasteiger partial charge in [0.25, 0.3) is 0 Å². The van der Waals surface area contributed by atoms with Crippen LogP contribution < -0.4 is 5.32 Å². The maximum Gasteiger partial charge on any atom is 0.228 e. The smallest absolute Gasteiger partial charge is 0.228 e. The molecule has 1 N–H and O–H groups in total. The summed E-state index contributed by atoms with van der Waals surface area (Å²) in [4.78, 5) is 12.6. The minimum atomic E-state index is -3.21. The molecule has 1 saturated heterocycles. The van der Waals surface area contributed by atoms with Crippen LogP contribution in [0.2, 0.25) is 10.0 Å². The molecule has 1 fully saturated rings. The van der Waals surface area contributed by atoms with Crippen LogP contribution >= 0.6 is 39.1 Å². The van der Waals surface area contributed by atoms with Gasteiger partial charge in [-0.1, -0.05) is 29.3 Å². The molecule has 0 aliphatic carbocycles. The predicted molar refractivity (Wildman–Crippen MR) is 113 cm³/mol. The zero-order chi connectivity index (χ0) is 20.5. The van der Waals surface area contributed by atoms with Crippen LogP contribution in [0.1, 0.15) is 18.4 Å². The fourth-order valence-corrected chi connectivity index (χ4v) is 4.81. The Kier molecular flexibility index (Phi) is 6.71. The van der Waals surface area contributed by atoms with E-state index >= 15 is 0 Å². The van der Waals surface area contributed by atoms with E-state index in [2.05, 4.69) is 26.3 Å². The van der Waals surface area contributed by atoms with E-state index in [9.17, 15) is 13.2 Å². The van der Waals surface area contributed by atoms with Crippen LogP contribution in [0.15, 0.2) is 28.9 Å². The first-order valence-corrected chi connectivity index (χ1v) is 12.0. The molecule has 2 heterocycles. The molecule has 1 aliphatic rings. The standard InChI is InChI=1S/C17H19BrCl2N4O3S/c1-28(26,27)24-6-4-11(5-7-24)17(25)21-16-14(18)10-23(22-16)9-12-2-3-13(19)8-15(12)20/h2-3,8,10-11H,4-7,9H2,1H3,(H,21,22,25). The number of sulfonamides is 1. The average molecular weight is 510 g/mol. The third-order valence-corrected chi connectivity index (χ3v) is 7.07. The lowest BCUT2D eigenvalue weighted by Gasteiger charge is -2.29. The van der Waals surface area contributed by atoms with Crippen molar-refractivity contribution in [3.8, 4) is 0 Å². The van der Waals surface area contributed by atoms with Crippen LogP contribution in [0, 0.1) is 5.92 Å². The van der Waals surface area contributed by atoms with Crippen LogP contribution in [0.5, 0.6) is 0 Å². The van der Waals surface area contributed by atoms with Crippen molar-refractivity contribution >= 4 is 60.9 Å². The first kappa shape index (κ1) is 21.6. The number of carbonyl (C=O) groups is 1. The van der Waals surface area contributed by atoms with Crippen molar-refractivity contribution in [3.05, 3.63) is 44.5 Å². The van der Waals surface area contributed by atoms with E-state index in [1.165, 1.54) is 10.6 Å². The van der Waals surface area contributed by atoms with Crippen LogP contribution in [0.4, 0.5) is 5.82 Å². The highest BCUT2D eigenvalue weighted by Gasteiger charge is 2.29. The quantitative estimate of drug-likeness (QED) is 0.667. The van der Waals surface area contributed by atoms with E-state index in [0.29, 0.717) is 52.8 Å². The molecular formula is C17H19BrCl2N4O3S. The Morgan fingerprint density at radius 2 is 2.00 bits per heavy atom. The number of aromatic nitrogens is 2. The molecule has 2 aromatic rings. The number of nitrogens with zero attached hydrogens (tertiary/aromatic N) is 3. The SMILES string of the molecule is CS(=O)(=O)N1CCC(C(=O)Nc2nn(Cc3ccc(Cl)cc3Cl)cc2Br)CC1. The molecule has 1 aromatic heterocycles. The van der Waals surface area contributed by atoms with E-state index < -0.39 is 10.0 Å². The third kappa shape index (κ3) is 5.27. The van der Waals surface area contributed by atoms with Crippen molar-refractivity contribution in [2.45, 2.75) is 19.4 Å². The van der Waals surface area contributed by atoms with Gasteiger partial charge in [0.15, 0.2) is 5.82 Å². The molecule has 0 unspecified atom stereocenters. The summed E-state index contributed by atoms with van der Waals surface area (Å²) < 4.78 is 26.9. The van der Waals surface area contributed by atoms with Crippen molar-refractivity contribution in [1.29, 1.82) is 0 Å². The number of rotatable bonds is 5. The number of hydrogen-bond donors (Lipinski definition) is 1. The summed E-state index contributed by atoms with van der Waals surface area (Å²) in [6, 6.07) is 5.25. The van der Waals surface area contributed by atoms with Crippen molar-refractivity contribution in [2.24, 2.45) is 5.92 Å².